The standard InChI is InChI=1S/C32H68B.C13H17F4N/c1-5-9-13-17-21-25-29-33(30-26-22-18-14-10-6-2,31-27-23-19-15-11-7-3)32-28-24-20-16-12-8-4;1-3-4-5-6-7-18(2)10-8-9(14)11(15)13(17)12(10)16/h5-32H2,1-4H3;8H,3-7H2,1-2H3/q-1;/p+1. The fourth-order valence-corrected chi connectivity index (χ4v) is 8.13. The molecule has 51 heavy (non-hydrogen) atoms. The van der Waals surface area contributed by atoms with Crippen LogP contribution in [0.1, 0.15) is 214 Å². The molecule has 1 aromatic rings. The number of hydrogen-bond acceptors (Lipinski definition) is 0. The topological polar surface area (TPSA) is 4.44 Å². The van der Waals surface area contributed by atoms with E-state index in [1.54, 1.807) is 32.3 Å². The van der Waals surface area contributed by atoms with Gasteiger partial charge in [0.2, 0.25) is 11.6 Å². The van der Waals surface area contributed by atoms with Crippen molar-refractivity contribution < 1.29 is 22.5 Å². The molecule has 0 aliphatic heterocycles. The molecule has 1 N–H and O–H groups in total. The second-order valence-electron chi connectivity index (χ2n) is 16.4. The van der Waals surface area contributed by atoms with Gasteiger partial charge >= 0.3 is 0 Å². The number of nitrogens with one attached hydrogen (secondary N) is 1. The van der Waals surface area contributed by atoms with Gasteiger partial charge in [0.15, 0.2) is 17.3 Å². The number of benzene rings is 1. The lowest BCUT2D eigenvalue weighted by molar-refractivity contribution is -0.811. The summed E-state index contributed by atoms with van der Waals surface area (Å²) in [6.45, 7) is 12.0. The predicted molar refractivity (Wildman–Crippen MR) is 220 cm³/mol. The van der Waals surface area contributed by atoms with Crippen LogP contribution in [-0.4, -0.2) is 19.7 Å². The molecule has 1 unspecified atom stereocenters. The Morgan fingerprint density at radius 1 is 0.392 bits per heavy atom. The molecule has 0 amide bonds. The van der Waals surface area contributed by atoms with E-state index >= 15 is 0 Å². The molecule has 1 aromatic carbocycles. The molecule has 0 spiro atoms. The first-order valence-corrected chi connectivity index (χ1v) is 22.6. The monoisotopic (exact) mass is 728 g/mol. The Kier molecular flexibility index (Phi) is 34.0. The van der Waals surface area contributed by atoms with E-state index in [-0.39, 0.29) is 11.8 Å². The molecule has 6 heteroatoms. The SMILES string of the molecule is CCCCCCCC[B-](CCCCCCCC)(CCCCCCCC)CCCCCCCC.CCCCCC[NH+](C)c1cc(F)c(F)c(F)c1F. The quantitative estimate of drug-likeness (QED) is 0.0237. The van der Waals surface area contributed by atoms with E-state index in [0.717, 1.165) is 31.7 Å². The molecule has 302 valence electrons. The second kappa shape index (κ2) is 34.7. The summed E-state index contributed by atoms with van der Waals surface area (Å²) in [5.41, 5.74) is -0.164. The summed E-state index contributed by atoms with van der Waals surface area (Å²) in [6, 6.07) is 0.725. The summed E-state index contributed by atoms with van der Waals surface area (Å²) in [5, 5.41) is 0. The molecule has 1 atom stereocenters. The number of halogens is 4. The third-order valence-electron chi connectivity index (χ3n) is 11.6. The van der Waals surface area contributed by atoms with Crippen molar-refractivity contribution in [2.45, 2.75) is 240 Å². The maximum absolute atomic E-state index is 13.5. The minimum atomic E-state index is -1.75. The van der Waals surface area contributed by atoms with Gasteiger partial charge in [-0.1, -0.05) is 202 Å². The molecule has 0 radical (unpaired) electrons. The summed E-state index contributed by atoms with van der Waals surface area (Å²) < 4.78 is 52.3. The van der Waals surface area contributed by atoms with Crippen LogP contribution in [0.2, 0.25) is 25.3 Å². The fourth-order valence-electron chi connectivity index (χ4n) is 8.13. The van der Waals surface area contributed by atoms with E-state index in [1.807, 2.05) is 0 Å². The molecule has 0 bridgehead atoms. The summed E-state index contributed by atoms with van der Waals surface area (Å²) in [6.07, 6.45) is 45.6. The van der Waals surface area contributed by atoms with Crippen molar-refractivity contribution in [3.63, 3.8) is 0 Å². The van der Waals surface area contributed by atoms with E-state index in [2.05, 4.69) is 34.6 Å². The molecule has 0 aromatic heterocycles. The zero-order valence-corrected chi connectivity index (χ0v) is 35.0. The van der Waals surface area contributed by atoms with Crippen LogP contribution in [-0.2, 0) is 0 Å². The Balaban J connectivity index is 0.00000116. The average Bonchev–Trinajstić information content (AvgIpc) is 3.13. The zero-order chi connectivity index (χ0) is 38.0. The van der Waals surface area contributed by atoms with Crippen LogP contribution in [0, 0.1) is 23.3 Å². The smallest absolute Gasteiger partial charge is 0.222 e. The van der Waals surface area contributed by atoms with Crippen LogP contribution >= 0.6 is 0 Å². The molecule has 0 saturated carbocycles. The van der Waals surface area contributed by atoms with Gasteiger partial charge in [0.05, 0.1) is 13.6 Å². The van der Waals surface area contributed by atoms with Crippen molar-refractivity contribution in [1.82, 2.24) is 0 Å². The van der Waals surface area contributed by atoms with Crippen molar-refractivity contribution in [2.24, 2.45) is 0 Å². The first-order chi connectivity index (χ1) is 24.7. The summed E-state index contributed by atoms with van der Waals surface area (Å²) in [5.74, 6) is -6.15. The molecule has 1 rings (SSSR count). The average molecular weight is 728 g/mol. The second-order valence-corrected chi connectivity index (χ2v) is 16.4. The highest BCUT2D eigenvalue weighted by molar-refractivity contribution is 6.79. The molecule has 0 heterocycles. The van der Waals surface area contributed by atoms with E-state index in [1.165, 1.54) is 154 Å². The van der Waals surface area contributed by atoms with Gasteiger partial charge < -0.3 is 4.90 Å². The van der Waals surface area contributed by atoms with Gasteiger partial charge in [-0.2, -0.15) is 29.7 Å². The molecular weight excluding hydrogens is 641 g/mol. The molecule has 1 nitrogen and oxygen atoms in total. The highest BCUT2D eigenvalue weighted by Crippen LogP contribution is 2.35. The minimum absolute atomic E-state index is 0.104. The van der Waals surface area contributed by atoms with Gasteiger partial charge in [-0.05, 0) is 12.8 Å². The Bertz CT molecular complexity index is 841. The van der Waals surface area contributed by atoms with E-state index in [0.29, 0.717) is 11.4 Å². The Hall–Kier alpha value is -1.04. The lowest BCUT2D eigenvalue weighted by atomic mass is 9.17. The first kappa shape index (κ1) is 50.0. The fraction of sp³-hybridized carbons (Fsp3) is 0.867. The Labute approximate surface area is 316 Å². The van der Waals surface area contributed by atoms with Crippen LogP contribution in [0.5, 0.6) is 0 Å². The maximum atomic E-state index is 13.5. The lowest BCUT2D eigenvalue weighted by Crippen LogP contribution is -3.04. The summed E-state index contributed by atoms with van der Waals surface area (Å²) >= 11 is 0. The Morgan fingerprint density at radius 2 is 0.686 bits per heavy atom. The van der Waals surface area contributed by atoms with Gasteiger partial charge in [0.25, 0.3) is 0 Å². The van der Waals surface area contributed by atoms with Gasteiger partial charge in [-0.3, -0.25) is 0 Å². The van der Waals surface area contributed by atoms with Crippen molar-refractivity contribution in [1.29, 1.82) is 0 Å². The number of quaternary nitrogens is 1. The van der Waals surface area contributed by atoms with E-state index in [9.17, 15) is 17.6 Å². The molecule has 0 fully saturated rings. The third-order valence-corrected chi connectivity index (χ3v) is 11.6. The summed E-state index contributed by atoms with van der Waals surface area (Å²) in [7, 11) is 1.61. The van der Waals surface area contributed by atoms with Crippen molar-refractivity contribution in [2.75, 3.05) is 13.6 Å². The summed E-state index contributed by atoms with van der Waals surface area (Å²) in [4.78, 5) is 0.543. The number of rotatable bonds is 34. The third kappa shape index (κ3) is 25.6. The van der Waals surface area contributed by atoms with Crippen LogP contribution in [0.25, 0.3) is 0 Å². The first-order valence-electron chi connectivity index (χ1n) is 22.6. The predicted octanol–water partition coefficient (Wildman–Crippen LogP) is 15.8. The lowest BCUT2D eigenvalue weighted by Gasteiger charge is -2.41. The molecule has 0 aliphatic rings. The molecular formula is C45H86BF4N. The highest BCUT2D eigenvalue weighted by atomic mass is 19.2. The van der Waals surface area contributed by atoms with Crippen LogP contribution in [0.4, 0.5) is 23.2 Å². The largest absolute Gasteiger partial charge is 0.302 e. The van der Waals surface area contributed by atoms with Crippen molar-refractivity contribution in [3.05, 3.63) is 29.3 Å². The molecule has 0 aliphatic carbocycles. The Morgan fingerprint density at radius 3 is 1.02 bits per heavy atom. The van der Waals surface area contributed by atoms with Crippen LogP contribution < -0.4 is 4.90 Å². The normalized spacial score (nSPS) is 12.3. The van der Waals surface area contributed by atoms with Crippen molar-refractivity contribution >= 4 is 11.8 Å². The maximum Gasteiger partial charge on any atom is 0.222 e. The number of unbranched alkanes of at least 4 members (excludes halogenated alkanes) is 23. The van der Waals surface area contributed by atoms with Gasteiger partial charge in [-0.15, -0.1) is 0 Å². The highest BCUT2D eigenvalue weighted by Gasteiger charge is 2.25. The van der Waals surface area contributed by atoms with Gasteiger partial charge in [-0.25, -0.2) is 13.2 Å². The van der Waals surface area contributed by atoms with Crippen molar-refractivity contribution in [3.8, 4) is 0 Å². The van der Waals surface area contributed by atoms with Gasteiger partial charge in [0, 0.05) is 12.2 Å². The van der Waals surface area contributed by atoms with Crippen LogP contribution in [0.15, 0.2) is 6.07 Å². The van der Waals surface area contributed by atoms with E-state index < -0.39 is 23.3 Å². The van der Waals surface area contributed by atoms with Crippen LogP contribution in [0.3, 0.4) is 0 Å². The van der Waals surface area contributed by atoms with Gasteiger partial charge in [0.1, 0.15) is 0 Å². The van der Waals surface area contributed by atoms with E-state index in [4.69, 9.17) is 0 Å². The minimum Gasteiger partial charge on any atom is -0.302 e. The number of hydrogen-bond donors (Lipinski definition) is 1. The zero-order valence-electron chi connectivity index (χ0n) is 35.0. The molecule has 0 saturated heterocycles.